The highest BCUT2D eigenvalue weighted by molar-refractivity contribution is 7.80. The smallest absolute Gasteiger partial charge is 0.123 e. The molecule has 0 spiro atoms. The summed E-state index contributed by atoms with van der Waals surface area (Å²) in [5.74, 6) is -0.227. The molecule has 0 bridgehead atoms. The second kappa shape index (κ2) is 5.97. The van der Waals surface area contributed by atoms with Gasteiger partial charge in [-0.25, -0.2) is 4.39 Å². The Kier molecular flexibility index (Phi) is 4.53. The highest BCUT2D eigenvalue weighted by Crippen LogP contribution is 2.28. The van der Waals surface area contributed by atoms with Gasteiger partial charge in [0.05, 0.1) is 0 Å². The fourth-order valence-corrected chi connectivity index (χ4v) is 3.18. The number of nitrogens with two attached hydrogens (primary N) is 1. The maximum atomic E-state index is 13.5. The van der Waals surface area contributed by atoms with E-state index in [4.69, 9.17) is 18.0 Å². The predicted molar refractivity (Wildman–Crippen MR) is 80.6 cm³/mol. The minimum atomic E-state index is -0.227. The van der Waals surface area contributed by atoms with Crippen molar-refractivity contribution < 1.29 is 4.39 Å². The lowest BCUT2D eigenvalue weighted by Gasteiger charge is -2.28. The standard InChI is InChI=1S/C15H21FN2S/c1-3-13-6-4-10(2)18(13)9-11-8-12(16)5-7-14(11)15(17)19/h5,7-8,10,13H,3-4,6,9H2,1-2H3,(H2,17,19). The summed E-state index contributed by atoms with van der Waals surface area (Å²) in [6.07, 6.45) is 3.55. The molecule has 0 radical (unpaired) electrons. The molecule has 0 saturated carbocycles. The summed E-state index contributed by atoms with van der Waals surface area (Å²) >= 11 is 5.06. The van der Waals surface area contributed by atoms with E-state index in [0.29, 0.717) is 17.1 Å². The molecule has 1 aromatic carbocycles. The van der Waals surface area contributed by atoms with E-state index in [-0.39, 0.29) is 5.82 Å². The molecule has 0 aromatic heterocycles. The van der Waals surface area contributed by atoms with Crippen LogP contribution in [0.1, 0.15) is 44.2 Å². The van der Waals surface area contributed by atoms with Crippen molar-refractivity contribution >= 4 is 17.2 Å². The number of rotatable bonds is 4. The molecule has 4 heteroatoms. The molecule has 2 rings (SSSR count). The number of hydrogen-bond donors (Lipinski definition) is 1. The minimum absolute atomic E-state index is 0.227. The number of hydrogen-bond acceptors (Lipinski definition) is 2. The molecule has 1 heterocycles. The van der Waals surface area contributed by atoms with Crippen molar-refractivity contribution in [1.29, 1.82) is 0 Å². The van der Waals surface area contributed by atoms with Crippen LogP contribution < -0.4 is 5.73 Å². The molecule has 1 aliphatic rings. The Hall–Kier alpha value is -1.00. The van der Waals surface area contributed by atoms with E-state index in [0.717, 1.165) is 24.1 Å². The lowest BCUT2D eigenvalue weighted by atomic mass is 10.1. The van der Waals surface area contributed by atoms with Crippen LogP contribution in [0.4, 0.5) is 4.39 Å². The van der Waals surface area contributed by atoms with Crippen molar-refractivity contribution in [1.82, 2.24) is 4.90 Å². The third kappa shape index (κ3) is 3.12. The SMILES string of the molecule is CCC1CCC(C)N1Cc1cc(F)ccc1C(N)=S. The van der Waals surface area contributed by atoms with Gasteiger partial charge in [0, 0.05) is 24.2 Å². The maximum Gasteiger partial charge on any atom is 0.123 e. The lowest BCUT2D eigenvalue weighted by Crippen LogP contribution is -2.34. The zero-order valence-electron chi connectivity index (χ0n) is 11.5. The Morgan fingerprint density at radius 3 is 2.84 bits per heavy atom. The first-order chi connectivity index (χ1) is 9.02. The van der Waals surface area contributed by atoms with Gasteiger partial charge in [-0.05, 0) is 49.9 Å². The van der Waals surface area contributed by atoms with Crippen molar-refractivity contribution in [3.8, 4) is 0 Å². The second-order valence-electron chi connectivity index (χ2n) is 5.33. The molecular formula is C15H21FN2S. The number of nitrogens with zero attached hydrogens (tertiary/aromatic N) is 1. The van der Waals surface area contributed by atoms with Crippen LogP contribution in [-0.2, 0) is 6.54 Å². The molecule has 1 fully saturated rings. The monoisotopic (exact) mass is 280 g/mol. The molecule has 19 heavy (non-hydrogen) atoms. The van der Waals surface area contributed by atoms with Crippen LogP contribution >= 0.6 is 12.2 Å². The molecule has 2 unspecified atom stereocenters. The van der Waals surface area contributed by atoms with Crippen LogP contribution in [0.25, 0.3) is 0 Å². The number of halogens is 1. The summed E-state index contributed by atoms with van der Waals surface area (Å²) < 4.78 is 13.5. The van der Waals surface area contributed by atoms with E-state index in [9.17, 15) is 4.39 Å². The van der Waals surface area contributed by atoms with Gasteiger partial charge in [0.2, 0.25) is 0 Å². The Balaban J connectivity index is 2.27. The van der Waals surface area contributed by atoms with Crippen LogP contribution in [0, 0.1) is 5.82 Å². The van der Waals surface area contributed by atoms with E-state index >= 15 is 0 Å². The van der Waals surface area contributed by atoms with Gasteiger partial charge in [0.15, 0.2) is 0 Å². The van der Waals surface area contributed by atoms with E-state index in [1.807, 2.05) is 0 Å². The van der Waals surface area contributed by atoms with E-state index in [1.165, 1.54) is 18.9 Å². The third-order valence-corrected chi connectivity index (χ3v) is 4.33. The first-order valence-corrected chi connectivity index (χ1v) is 7.27. The third-order valence-electron chi connectivity index (χ3n) is 4.11. The first kappa shape index (κ1) is 14.4. The van der Waals surface area contributed by atoms with Gasteiger partial charge >= 0.3 is 0 Å². The highest BCUT2D eigenvalue weighted by Gasteiger charge is 2.29. The fourth-order valence-electron chi connectivity index (χ4n) is 2.98. The molecule has 2 nitrogen and oxygen atoms in total. The summed E-state index contributed by atoms with van der Waals surface area (Å²) in [5.41, 5.74) is 7.43. The summed E-state index contributed by atoms with van der Waals surface area (Å²) in [6.45, 7) is 5.16. The fraction of sp³-hybridized carbons (Fsp3) is 0.533. The average molecular weight is 280 g/mol. The number of thiocarbonyl (C=S) groups is 1. The molecule has 1 aromatic rings. The average Bonchev–Trinajstić information content (AvgIpc) is 2.70. The molecule has 1 aliphatic heterocycles. The molecule has 2 atom stereocenters. The van der Waals surface area contributed by atoms with Gasteiger partial charge in [-0.3, -0.25) is 4.90 Å². The van der Waals surface area contributed by atoms with Gasteiger partial charge in [0.25, 0.3) is 0 Å². The van der Waals surface area contributed by atoms with Crippen LogP contribution in [-0.4, -0.2) is 22.0 Å². The van der Waals surface area contributed by atoms with Gasteiger partial charge in [-0.1, -0.05) is 19.1 Å². The predicted octanol–water partition coefficient (Wildman–Crippen LogP) is 3.22. The second-order valence-corrected chi connectivity index (χ2v) is 5.77. The zero-order chi connectivity index (χ0) is 14.0. The molecule has 104 valence electrons. The summed E-state index contributed by atoms with van der Waals surface area (Å²) in [7, 11) is 0. The summed E-state index contributed by atoms with van der Waals surface area (Å²) in [6, 6.07) is 5.79. The molecule has 1 saturated heterocycles. The first-order valence-electron chi connectivity index (χ1n) is 6.87. The van der Waals surface area contributed by atoms with Crippen molar-refractivity contribution in [2.24, 2.45) is 5.73 Å². The molecule has 0 amide bonds. The van der Waals surface area contributed by atoms with Crippen LogP contribution in [0.2, 0.25) is 0 Å². The van der Waals surface area contributed by atoms with Gasteiger partial charge in [-0.15, -0.1) is 0 Å². The van der Waals surface area contributed by atoms with E-state index < -0.39 is 0 Å². The van der Waals surface area contributed by atoms with Crippen molar-refractivity contribution in [2.75, 3.05) is 0 Å². The van der Waals surface area contributed by atoms with E-state index in [2.05, 4.69) is 18.7 Å². The van der Waals surface area contributed by atoms with Gasteiger partial charge < -0.3 is 5.73 Å². The van der Waals surface area contributed by atoms with Gasteiger partial charge in [0.1, 0.15) is 10.8 Å². The Bertz CT molecular complexity index is 475. The van der Waals surface area contributed by atoms with Crippen LogP contribution in [0.15, 0.2) is 18.2 Å². The summed E-state index contributed by atoms with van der Waals surface area (Å²) in [4.78, 5) is 2.78. The zero-order valence-corrected chi connectivity index (χ0v) is 12.3. The molecule has 0 aliphatic carbocycles. The lowest BCUT2D eigenvalue weighted by molar-refractivity contribution is 0.189. The van der Waals surface area contributed by atoms with E-state index in [1.54, 1.807) is 12.1 Å². The molecule has 2 N–H and O–H groups in total. The van der Waals surface area contributed by atoms with Gasteiger partial charge in [-0.2, -0.15) is 0 Å². The Morgan fingerprint density at radius 1 is 1.47 bits per heavy atom. The van der Waals surface area contributed by atoms with Crippen LogP contribution in [0.3, 0.4) is 0 Å². The minimum Gasteiger partial charge on any atom is -0.389 e. The normalized spacial score (nSPS) is 23.7. The van der Waals surface area contributed by atoms with Crippen LogP contribution in [0.5, 0.6) is 0 Å². The summed E-state index contributed by atoms with van der Waals surface area (Å²) in [5, 5.41) is 0. The van der Waals surface area contributed by atoms with Crippen molar-refractivity contribution in [3.63, 3.8) is 0 Å². The molecular weight excluding hydrogens is 259 g/mol. The maximum absolute atomic E-state index is 13.5. The highest BCUT2D eigenvalue weighted by atomic mass is 32.1. The number of benzene rings is 1. The van der Waals surface area contributed by atoms with Crippen molar-refractivity contribution in [3.05, 3.63) is 35.1 Å². The topological polar surface area (TPSA) is 29.3 Å². The Labute approximate surface area is 119 Å². The largest absolute Gasteiger partial charge is 0.389 e. The quantitative estimate of drug-likeness (QED) is 0.859. The van der Waals surface area contributed by atoms with Crippen molar-refractivity contribution in [2.45, 2.75) is 51.7 Å². The Morgan fingerprint density at radius 2 is 2.21 bits per heavy atom. The number of likely N-dealkylation sites (tertiary alicyclic amines) is 1.